The van der Waals surface area contributed by atoms with Gasteiger partial charge >= 0.3 is 0 Å². The Kier molecular flexibility index (Phi) is 7.78. The zero-order chi connectivity index (χ0) is 22.2. The molecule has 1 amide bonds. The number of amides is 1. The predicted molar refractivity (Wildman–Crippen MR) is 122 cm³/mol. The maximum atomic E-state index is 12.4. The number of hydrogen-bond donors (Lipinski definition) is 2. The topological polar surface area (TPSA) is 87.3 Å². The predicted octanol–water partition coefficient (Wildman–Crippen LogP) is 2.95. The molecule has 0 radical (unpaired) electrons. The van der Waals surface area contributed by atoms with Crippen LogP contribution in [0.2, 0.25) is 0 Å². The van der Waals surface area contributed by atoms with Crippen molar-refractivity contribution in [3.63, 3.8) is 0 Å². The highest BCUT2D eigenvalue weighted by Gasteiger charge is 2.11. The van der Waals surface area contributed by atoms with E-state index in [2.05, 4.69) is 20.2 Å². The van der Waals surface area contributed by atoms with Crippen LogP contribution in [0.3, 0.4) is 0 Å². The van der Waals surface area contributed by atoms with Gasteiger partial charge < -0.3 is 15.0 Å². The van der Waals surface area contributed by atoms with Gasteiger partial charge in [0.1, 0.15) is 18.2 Å². The van der Waals surface area contributed by atoms with Gasteiger partial charge in [0.15, 0.2) is 0 Å². The van der Waals surface area contributed by atoms with Crippen LogP contribution in [0.4, 0.5) is 0 Å². The molecule has 31 heavy (non-hydrogen) atoms. The molecule has 1 heterocycles. The second kappa shape index (κ2) is 10.7. The maximum absolute atomic E-state index is 12.4. The molecule has 0 unspecified atom stereocenters. The van der Waals surface area contributed by atoms with Crippen molar-refractivity contribution in [2.45, 2.75) is 33.7 Å². The lowest BCUT2D eigenvalue weighted by Gasteiger charge is -2.19. The molecule has 0 aliphatic heterocycles. The summed E-state index contributed by atoms with van der Waals surface area (Å²) in [6, 6.07) is 13.4. The molecule has 2 aromatic carbocycles. The minimum Gasteiger partial charge on any atom is -0.492 e. The fourth-order valence-electron chi connectivity index (χ4n) is 3.40. The van der Waals surface area contributed by atoms with E-state index < -0.39 is 0 Å². The average molecular weight is 423 g/mol. The van der Waals surface area contributed by atoms with Gasteiger partial charge in [0, 0.05) is 13.0 Å². The number of benzene rings is 2. The number of rotatable bonds is 10. The Morgan fingerprint density at radius 3 is 2.77 bits per heavy atom. The fourth-order valence-corrected chi connectivity index (χ4v) is 3.40. The summed E-state index contributed by atoms with van der Waals surface area (Å²) < 4.78 is 5.65. The average Bonchev–Trinajstić information content (AvgIpc) is 2.75. The van der Waals surface area contributed by atoms with Crippen LogP contribution in [-0.2, 0) is 11.3 Å². The molecular formula is C24H30N4O3. The van der Waals surface area contributed by atoms with E-state index in [1.165, 1.54) is 0 Å². The van der Waals surface area contributed by atoms with Crippen LogP contribution >= 0.6 is 0 Å². The summed E-state index contributed by atoms with van der Waals surface area (Å²) >= 11 is 0. The lowest BCUT2D eigenvalue weighted by molar-refractivity contribution is -0.121. The molecule has 1 aromatic heterocycles. The van der Waals surface area contributed by atoms with Gasteiger partial charge in [-0.1, -0.05) is 31.2 Å². The van der Waals surface area contributed by atoms with E-state index in [1.807, 2.05) is 57.2 Å². The van der Waals surface area contributed by atoms with Crippen molar-refractivity contribution in [3.8, 4) is 5.75 Å². The summed E-state index contributed by atoms with van der Waals surface area (Å²) in [7, 11) is 0. The van der Waals surface area contributed by atoms with Crippen LogP contribution in [0.25, 0.3) is 10.9 Å². The van der Waals surface area contributed by atoms with Gasteiger partial charge in [-0.2, -0.15) is 0 Å². The van der Waals surface area contributed by atoms with Gasteiger partial charge in [-0.25, -0.2) is 4.98 Å². The summed E-state index contributed by atoms with van der Waals surface area (Å²) in [5.41, 5.74) is 2.70. The first-order chi connectivity index (χ1) is 15.0. The molecule has 0 fully saturated rings. The van der Waals surface area contributed by atoms with Crippen LogP contribution in [-0.4, -0.2) is 47.0 Å². The van der Waals surface area contributed by atoms with Crippen LogP contribution in [0, 0.1) is 13.8 Å². The lowest BCUT2D eigenvalue weighted by Crippen LogP contribution is -2.33. The minimum atomic E-state index is -0.133. The number of para-hydroxylation sites is 1. The van der Waals surface area contributed by atoms with E-state index >= 15 is 0 Å². The number of aromatic nitrogens is 2. The molecule has 0 atom stereocenters. The summed E-state index contributed by atoms with van der Waals surface area (Å²) in [5.74, 6) is 1.39. The number of ether oxygens (including phenoxy) is 1. The molecule has 0 bridgehead atoms. The number of H-pyrrole nitrogens is 1. The Balaban J connectivity index is 1.46. The third-order valence-electron chi connectivity index (χ3n) is 5.15. The summed E-state index contributed by atoms with van der Waals surface area (Å²) in [6.07, 6.45) is 0.370. The van der Waals surface area contributed by atoms with Crippen molar-refractivity contribution in [2.75, 3.05) is 26.2 Å². The van der Waals surface area contributed by atoms with Gasteiger partial charge in [0.2, 0.25) is 5.91 Å². The number of nitrogens with one attached hydrogen (secondary N) is 2. The van der Waals surface area contributed by atoms with Gasteiger partial charge in [-0.15, -0.1) is 0 Å². The molecule has 164 valence electrons. The van der Waals surface area contributed by atoms with Crippen molar-refractivity contribution in [1.29, 1.82) is 0 Å². The fraction of sp³-hybridized carbons (Fsp3) is 0.375. The highest BCUT2D eigenvalue weighted by Crippen LogP contribution is 2.13. The Morgan fingerprint density at radius 2 is 2.00 bits per heavy atom. The monoisotopic (exact) mass is 422 g/mol. The Morgan fingerprint density at radius 1 is 1.19 bits per heavy atom. The normalized spacial score (nSPS) is 11.1. The number of nitrogens with zero attached hydrogens (tertiary/aromatic N) is 2. The van der Waals surface area contributed by atoms with Crippen molar-refractivity contribution in [3.05, 3.63) is 69.8 Å². The zero-order valence-corrected chi connectivity index (χ0v) is 18.4. The zero-order valence-electron chi connectivity index (χ0n) is 18.4. The van der Waals surface area contributed by atoms with E-state index in [0.29, 0.717) is 43.9 Å². The van der Waals surface area contributed by atoms with Crippen molar-refractivity contribution < 1.29 is 9.53 Å². The summed E-state index contributed by atoms with van der Waals surface area (Å²) in [5, 5.41) is 3.48. The van der Waals surface area contributed by atoms with E-state index in [9.17, 15) is 9.59 Å². The van der Waals surface area contributed by atoms with E-state index in [-0.39, 0.29) is 11.5 Å². The van der Waals surface area contributed by atoms with Crippen LogP contribution in [0.1, 0.15) is 30.3 Å². The molecule has 2 N–H and O–H groups in total. The molecule has 3 rings (SSSR count). The highest BCUT2D eigenvalue weighted by atomic mass is 16.5. The smallest absolute Gasteiger partial charge is 0.258 e. The van der Waals surface area contributed by atoms with Crippen LogP contribution in [0.15, 0.2) is 47.3 Å². The second-order valence-electron chi connectivity index (χ2n) is 7.62. The van der Waals surface area contributed by atoms with E-state index in [1.54, 1.807) is 6.07 Å². The number of aromatic amines is 1. The van der Waals surface area contributed by atoms with Gasteiger partial charge in [-0.3, -0.25) is 14.5 Å². The molecule has 0 saturated heterocycles. The number of aryl methyl sites for hydroxylation is 2. The first kappa shape index (κ1) is 22.5. The second-order valence-corrected chi connectivity index (χ2v) is 7.62. The quantitative estimate of drug-likeness (QED) is 0.491. The molecule has 7 heteroatoms. The summed E-state index contributed by atoms with van der Waals surface area (Å²) in [6.45, 7) is 8.68. The Hall–Kier alpha value is -3.19. The Bertz CT molecular complexity index is 1090. The molecular weight excluding hydrogens is 392 g/mol. The highest BCUT2D eigenvalue weighted by molar-refractivity contribution is 5.80. The van der Waals surface area contributed by atoms with Gasteiger partial charge in [0.05, 0.1) is 24.0 Å². The van der Waals surface area contributed by atoms with Crippen LogP contribution in [0.5, 0.6) is 5.75 Å². The molecule has 0 aliphatic carbocycles. The lowest BCUT2D eigenvalue weighted by atomic mass is 10.1. The number of carbonyl (C=O) groups excluding carboxylic acids is 1. The third kappa shape index (κ3) is 6.39. The van der Waals surface area contributed by atoms with Crippen LogP contribution < -0.4 is 15.6 Å². The standard InChI is InChI=1S/C24H30N4O3/c1-4-28(16-21-26-23-18(3)8-6-10-20(23)24(30)27-21)13-11-22(29)25-12-14-31-19-9-5-7-17(2)15-19/h5-10,15H,4,11-14,16H2,1-3H3,(H,25,29)(H,26,27,30). The largest absolute Gasteiger partial charge is 0.492 e. The number of carbonyl (C=O) groups is 1. The molecule has 0 aliphatic rings. The van der Waals surface area contributed by atoms with Crippen molar-refractivity contribution in [2.24, 2.45) is 0 Å². The van der Waals surface area contributed by atoms with Crippen molar-refractivity contribution >= 4 is 16.8 Å². The Labute approximate surface area is 182 Å². The molecule has 0 spiro atoms. The van der Waals surface area contributed by atoms with E-state index in [0.717, 1.165) is 28.9 Å². The van der Waals surface area contributed by atoms with Gasteiger partial charge in [0.25, 0.3) is 5.56 Å². The van der Waals surface area contributed by atoms with Crippen molar-refractivity contribution in [1.82, 2.24) is 20.2 Å². The number of hydrogen-bond acceptors (Lipinski definition) is 5. The third-order valence-corrected chi connectivity index (χ3v) is 5.15. The first-order valence-corrected chi connectivity index (χ1v) is 10.6. The van der Waals surface area contributed by atoms with E-state index in [4.69, 9.17) is 4.74 Å². The molecule has 7 nitrogen and oxygen atoms in total. The molecule has 0 saturated carbocycles. The SMILES string of the molecule is CCN(CCC(=O)NCCOc1cccc(C)c1)Cc1nc2c(C)cccc2c(=O)[nH]1. The van der Waals surface area contributed by atoms with Gasteiger partial charge in [-0.05, 0) is 49.7 Å². The minimum absolute atomic E-state index is 0.0258. The number of fused-ring (bicyclic) bond motifs is 1. The summed E-state index contributed by atoms with van der Waals surface area (Å²) in [4.78, 5) is 34.1. The first-order valence-electron chi connectivity index (χ1n) is 10.6. The molecule has 3 aromatic rings. The maximum Gasteiger partial charge on any atom is 0.258 e.